The van der Waals surface area contributed by atoms with E-state index in [-0.39, 0.29) is 5.60 Å². The van der Waals surface area contributed by atoms with Gasteiger partial charge in [-0.2, -0.15) is 0 Å². The summed E-state index contributed by atoms with van der Waals surface area (Å²) in [6, 6.07) is 6.40. The maximum atomic E-state index is 5.86. The van der Waals surface area contributed by atoms with Crippen LogP contribution in [0.15, 0.2) is 18.2 Å². The molecule has 0 spiro atoms. The molecule has 1 aromatic heterocycles. The summed E-state index contributed by atoms with van der Waals surface area (Å²) in [5.41, 5.74) is 3.45. The summed E-state index contributed by atoms with van der Waals surface area (Å²) in [5.74, 6) is 0. The van der Waals surface area contributed by atoms with Crippen LogP contribution in [0.25, 0.3) is 11.0 Å². The number of fused-ring (bicyclic) bond motifs is 1. The molecule has 1 aromatic carbocycles. The molecule has 3 rings (SSSR count). The van der Waals surface area contributed by atoms with Gasteiger partial charge in [-0.3, -0.25) is 0 Å². The fraction of sp³-hybridized carbons (Fsp3) is 0.500. The number of aromatic amines is 1. The van der Waals surface area contributed by atoms with E-state index < -0.39 is 0 Å². The van der Waals surface area contributed by atoms with Crippen LogP contribution in [-0.4, -0.2) is 21.8 Å². The number of hydrogen-bond acceptors (Lipinski definition) is 2. The molecule has 0 amide bonds. The van der Waals surface area contributed by atoms with Gasteiger partial charge in [0.05, 0.1) is 23.2 Å². The van der Waals surface area contributed by atoms with Gasteiger partial charge in [0.15, 0.2) is 4.77 Å². The molecule has 1 fully saturated rings. The van der Waals surface area contributed by atoms with Gasteiger partial charge in [0, 0.05) is 6.61 Å². The summed E-state index contributed by atoms with van der Waals surface area (Å²) in [4.78, 5) is 3.28. The van der Waals surface area contributed by atoms with Crippen LogP contribution in [0, 0.1) is 11.7 Å². The van der Waals surface area contributed by atoms with Gasteiger partial charge < -0.3 is 14.3 Å². The van der Waals surface area contributed by atoms with E-state index in [4.69, 9.17) is 17.0 Å². The van der Waals surface area contributed by atoms with Crippen molar-refractivity contribution in [2.24, 2.45) is 0 Å². The molecule has 0 bridgehead atoms. The highest BCUT2D eigenvalue weighted by Gasteiger charge is 2.30. The second-order valence-electron chi connectivity index (χ2n) is 5.44. The number of ether oxygens (including phenoxy) is 1. The van der Waals surface area contributed by atoms with E-state index in [1.54, 1.807) is 0 Å². The molecule has 1 aliphatic heterocycles. The van der Waals surface area contributed by atoms with Crippen LogP contribution in [0.4, 0.5) is 0 Å². The van der Waals surface area contributed by atoms with Crippen molar-refractivity contribution in [3.63, 3.8) is 0 Å². The lowest BCUT2D eigenvalue weighted by Crippen LogP contribution is -2.29. The third kappa shape index (κ3) is 1.99. The lowest BCUT2D eigenvalue weighted by Gasteiger charge is -2.23. The summed E-state index contributed by atoms with van der Waals surface area (Å²) in [6.07, 6.45) is 2.25. The van der Waals surface area contributed by atoms with Crippen LogP contribution in [0.3, 0.4) is 0 Å². The standard InChI is InChI=1S/C14H18N2OS/c1-10-4-5-12-11(8-10)15-13(18)16(12)9-14(2)6-3-7-17-14/h4-5,8H,3,6-7,9H2,1-2H3,(H,15,18). The predicted octanol–water partition coefficient (Wildman–Crippen LogP) is 3.58. The molecule has 4 heteroatoms. The van der Waals surface area contributed by atoms with Crippen LogP contribution in [0.1, 0.15) is 25.3 Å². The maximum Gasteiger partial charge on any atom is 0.178 e. The van der Waals surface area contributed by atoms with Gasteiger partial charge in [0.25, 0.3) is 0 Å². The molecule has 3 nitrogen and oxygen atoms in total. The van der Waals surface area contributed by atoms with Crippen LogP contribution in [0.5, 0.6) is 0 Å². The van der Waals surface area contributed by atoms with E-state index in [9.17, 15) is 0 Å². The zero-order chi connectivity index (χ0) is 12.8. The van der Waals surface area contributed by atoms with E-state index in [0.717, 1.165) is 36.3 Å². The van der Waals surface area contributed by atoms with Crippen LogP contribution in [-0.2, 0) is 11.3 Å². The van der Waals surface area contributed by atoms with Crippen LogP contribution >= 0.6 is 12.2 Å². The third-order valence-electron chi connectivity index (χ3n) is 3.72. The molecule has 1 unspecified atom stereocenters. The van der Waals surface area contributed by atoms with Crippen LogP contribution in [0.2, 0.25) is 0 Å². The Kier molecular flexibility index (Phi) is 2.79. The summed E-state index contributed by atoms with van der Waals surface area (Å²) in [7, 11) is 0. The maximum absolute atomic E-state index is 5.86. The average molecular weight is 262 g/mol. The molecule has 0 radical (unpaired) electrons. The molecule has 2 heterocycles. The highest BCUT2D eigenvalue weighted by atomic mass is 32.1. The number of nitrogens with one attached hydrogen (secondary N) is 1. The second kappa shape index (κ2) is 4.21. The van der Waals surface area contributed by atoms with Gasteiger partial charge in [-0.05, 0) is 56.6 Å². The highest BCUT2D eigenvalue weighted by Crippen LogP contribution is 2.28. The first-order valence-electron chi connectivity index (χ1n) is 6.41. The Morgan fingerprint density at radius 2 is 2.33 bits per heavy atom. The van der Waals surface area contributed by atoms with Crippen molar-refractivity contribution < 1.29 is 4.74 Å². The van der Waals surface area contributed by atoms with E-state index in [2.05, 4.69) is 41.6 Å². The van der Waals surface area contributed by atoms with Crippen molar-refractivity contribution in [2.45, 2.75) is 38.8 Å². The fourth-order valence-electron chi connectivity index (χ4n) is 2.73. The SMILES string of the molecule is Cc1ccc2c(c1)[nH]c(=S)n2CC1(C)CCCO1. The minimum absolute atomic E-state index is 0.0712. The van der Waals surface area contributed by atoms with Gasteiger partial charge in [-0.1, -0.05) is 6.07 Å². The van der Waals surface area contributed by atoms with Crippen LogP contribution < -0.4 is 0 Å². The number of imidazole rings is 1. The van der Waals surface area contributed by atoms with Crippen molar-refractivity contribution in [1.29, 1.82) is 0 Å². The summed E-state index contributed by atoms with van der Waals surface area (Å²) >= 11 is 5.43. The number of aromatic nitrogens is 2. The molecule has 0 saturated carbocycles. The minimum Gasteiger partial charge on any atom is -0.373 e. The summed E-state index contributed by atoms with van der Waals surface area (Å²) < 4.78 is 8.81. The Hall–Kier alpha value is -1.13. The largest absolute Gasteiger partial charge is 0.373 e. The van der Waals surface area contributed by atoms with Gasteiger partial charge >= 0.3 is 0 Å². The van der Waals surface area contributed by atoms with Gasteiger partial charge in [0.2, 0.25) is 0 Å². The zero-order valence-corrected chi connectivity index (χ0v) is 11.6. The third-order valence-corrected chi connectivity index (χ3v) is 4.05. The Balaban J connectivity index is 2.06. The average Bonchev–Trinajstić information content (AvgIpc) is 2.85. The van der Waals surface area contributed by atoms with Gasteiger partial charge in [-0.25, -0.2) is 0 Å². The molecule has 1 atom stereocenters. The number of nitrogens with zero attached hydrogens (tertiary/aromatic N) is 1. The molecular weight excluding hydrogens is 244 g/mol. The molecule has 18 heavy (non-hydrogen) atoms. The zero-order valence-electron chi connectivity index (χ0n) is 10.8. The molecule has 2 aromatic rings. The van der Waals surface area contributed by atoms with Gasteiger partial charge in [0.1, 0.15) is 0 Å². The van der Waals surface area contributed by atoms with Crippen molar-refractivity contribution in [1.82, 2.24) is 9.55 Å². The molecule has 1 aliphatic rings. The summed E-state index contributed by atoms with van der Waals surface area (Å²) in [6.45, 7) is 5.96. The first-order valence-corrected chi connectivity index (χ1v) is 6.81. The molecule has 96 valence electrons. The van der Waals surface area contributed by atoms with E-state index >= 15 is 0 Å². The molecule has 0 aliphatic carbocycles. The first kappa shape index (κ1) is 11.9. The fourth-order valence-corrected chi connectivity index (χ4v) is 3.00. The predicted molar refractivity (Wildman–Crippen MR) is 75.5 cm³/mol. The van der Waals surface area contributed by atoms with Gasteiger partial charge in [-0.15, -0.1) is 0 Å². The number of benzene rings is 1. The Labute approximate surface area is 112 Å². The second-order valence-corrected chi connectivity index (χ2v) is 5.83. The van der Waals surface area contributed by atoms with E-state index in [1.807, 2.05) is 0 Å². The van der Waals surface area contributed by atoms with Crippen molar-refractivity contribution >= 4 is 23.3 Å². The smallest absolute Gasteiger partial charge is 0.178 e. The molecule has 1 saturated heterocycles. The minimum atomic E-state index is -0.0712. The number of hydrogen-bond donors (Lipinski definition) is 1. The topological polar surface area (TPSA) is 29.9 Å². The molecule has 1 N–H and O–H groups in total. The Bertz CT molecular complexity index is 635. The van der Waals surface area contributed by atoms with E-state index in [1.165, 1.54) is 11.1 Å². The van der Waals surface area contributed by atoms with Crippen molar-refractivity contribution in [3.8, 4) is 0 Å². The van der Waals surface area contributed by atoms with E-state index in [0.29, 0.717) is 0 Å². The number of aryl methyl sites for hydroxylation is 1. The lowest BCUT2D eigenvalue weighted by molar-refractivity contribution is 0.00679. The highest BCUT2D eigenvalue weighted by molar-refractivity contribution is 7.71. The molecular formula is C14H18N2OS. The number of rotatable bonds is 2. The Morgan fingerprint density at radius 3 is 3.06 bits per heavy atom. The monoisotopic (exact) mass is 262 g/mol. The lowest BCUT2D eigenvalue weighted by atomic mass is 10.0. The number of H-pyrrole nitrogens is 1. The van der Waals surface area contributed by atoms with Crippen molar-refractivity contribution in [2.75, 3.05) is 6.61 Å². The van der Waals surface area contributed by atoms with Crippen molar-refractivity contribution in [3.05, 3.63) is 28.5 Å². The first-order chi connectivity index (χ1) is 8.57. The summed E-state index contributed by atoms with van der Waals surface area (Å²) in [5, 5.41) is 0. The Morgan fingerprint density at radius 1 is 1.50 bits per heavy atom. The quantitative estimate of drug-likeness (QED) is 0.838. The normalized spacial score (nSPS) is 23.9.